The molecule has 8 nitrogen and oxygen atoms in total. The van der Waals surface area contributed by atoms with Crippen LogP contribution in [0.4, 0.5) is 11.4 Å². The smallest absolute Gasteiger partial charge is 0.335 e. The van der Waals surface area contributed by atoms with Crippen LogP contribution in [-0.4, -0.2) is 41.6 Å². The molecule has 2 amide bonds. The summed E-state index contributed by atoms with van der Waals surface area (Å²) >= 11 is 0. The summed E-state index contributed by atoms with van der Waals surface area (Å²) in [4.78, 5) is 37.9. The van der Waals surface area contributed by atoms with Crippen LogP contribution in [0, 0.1) is 0 Å². The molecular formula is C21H22N2O6. The van der Waals surface area contributed by atoms with E-state index >= 15 is 0 Å². The lowest BCUT2D eigenvalue weighted by molar-refractivity contribution is -0.133. The second kappa shape index (κ2) is 7.83. The molecule has 0 saturated heterocycles. The SMILES string of the molecule is CCOc1ccc(NC(=O)CN2C(=O)C(C)(C)Oc3cc(C(=O)O)ccc32)cc1. The number of carboxylic acids is 1. The van der Waals surface area contributed by atoms with E-state index in [1.807, 2.05) is 6.92 Å². The maximum Gasteiger partial charge on any atom is 0.335 e. The van der Waals surface area contributed by atoms with Gasteiger partial charge in [0, 0.05) is 5.69 Å². The molecule has 1 aliphatic heterocycles. The van der Waals surface area contributed by atoms with Gasteiger partial charge in [0.1, 0.15) is 18.0 Å². The van der Waals surface area contributed by atoms with Crippen LogP contribution in [0.15, 0.2) is 42.5 Å². The third-order valence-electron chi connectivity index (χ3n) is 4.37. The van der Waals surface area contributed by atoms with Crippen molar-refractivity contribution in [1.82, 2.24) is 0 Å². The highest BCUT2D eigenvalue weighted by atomic mass is 16.5. The van der Waals surface area contributed by atoms with Gasteiger partial charge >= 0.3 is 5.97 Å². The predicted octanol–water partition coefficient (Wildman–Crippen LogP) is 2.93. The summed E-state index contributed by atoms with van der Waals surface area (Å²) < 4.78 is 11.1. The molecule has 2 aromatic rings. The first-order chi connectivity index (χ1) is 13.7. The largest absolute Gasteiger partial charge is 0.494 e. The first kappa shape index (κ1) is 20.2. The van der Waals surface area contributed by atoms with E-state index < -0.39 is 23.4 Å². The van der Waals surface area contributed by atoms with E-state index in [1.165, 1.54) is 23.1 Å². The van der Waals surface area contributed by atoms with Gasteiger partial charge in [-0.25, -0.2) is 4.79 Å². The van der Waals surface area contributed by atoms with E-state index in [0.717, 1.165) is 0 Å². The van der Waals surface area contributed by atoms with Crippen molar-refractivity contribution in [3.63, 3.8) is 0 Å². The van der Waals surface area contributed by atoms with Gasteiger partial charge in [-0.3, -0.25) is 14.5 Å². The van der Waals surface area contributed by atoms with Gasteiger partial charge in [0.2, 0.25) is 5.91 Å². The number of carbonyl (C=O) groups is 3. The summed E-state index contributed by atoms with van der Waals surface area (Å²) in [5.41, 5.74) is -0.280. The molecule has 3 rings (SSSR count). The third-order valence-corrected chi connectivity index (χ3v) is 4.37. The molecule has 152 valence electrons. The molecule has 2 aromatic carbocycles. The Hall–Kier alpha value is -3.55. The molecule has 0 saturated carbocycles. The molecule has 0 aromatic heterocycles. The highest BCUT2D eigenvalue weighted by Gasteiger charge is 2.41. The number of anilines is 2. The van der Waals surface area contributed by atoms with Crippen LogP contribution in [0.2, 0.25) is 0 Å². The maximum atomic E-state index is 12.8. The van der Waals surface area contributed by atoms with E-state index in [9.17, 15) is 19.5 Å². The predicted molar refractivity (Wildman–Crippen MR) is 107 cm³/mol. The molecule has 0 spiro atoms. The lowest BCUT2D eigenvalue weighted by atomic mass is 10.0. The van der Waals surface area contributed by atoms with Crippen molar-refractivity contribution in [3.8, 4) is 11.5 Å². The Morgan fingerprint density at radius 1 is 1.17 bits per heavy atom. The fourth-order valence-electron chi connectivity index (χ4n) is 3.01. The standard InChI is InChI=1S/C21H22N2O6/c1-4-28-15-8-6-14(7-9-15)22-18(24)12-23-16-10-5-13(19(25)26)11-17(16)29-21(2,3)20(23)27/h5-11H,4,12H2,1-3H3,(H,22,24)(H,25,26). The molecule has 8 heteroatoms. The van der Waals surface area contributed by atoms with Crippen molar-refractivity contribution in [2.24, 2.45) is 0 Å². The number of carboxylic acid groups (broad SMARTS) is 1. The summed E-state index contributed by atoms with van der Waals surface area (Å²) in [6.45, 7) is 5.34. The van der Waals surface area contributed by atoms with Crippen LogP contribution >= 0.6 is 0 Å². The zero-order valence-electron chi connectivity index (χ0n) is 16.4. The number of nitrogens with one attached hydrogen (secondary N) is 1. The molecule has 0 atom stereocenters. The van der Waals surface area contributed by atoms with Gasteiger partial charge in [-0.2, -0.15) is 0 Å². The molecule has 29 heavy (non-hydrogen) atoms. The lowest BCUT2D eigenvalue weighted by Gasteiger charge is -2.38. The van der Waals surface area contributed by atoms with Crippen molar-refractivity contribution in [2.45, 2.75) is 26.4 Å². The number of fused-ring (bicyclic) bond motifs is 1. The van der Waals surface area contributed by atoms with Crippen LogP contribution in [-0.2, 0) is 9.59 Å². The van der Waals surface area contributed by atoms with E-state index in [2.05, 4.69) is 5.32 Å². The zero-order valence-corrected chi connectivity index (χ0v) is 16.4. The van der Waals surface area contributed by atoms with E-state index in [-0.39, 0.29) is 17.9 Å². The van der Waals surface area contributed by atoms with Crippen LogP contribution in [0.5, 0.6) is 11.5 Å². The van der Waals surface area contributed by atoms with Crippen molar-refractivity contribution < 1.29 is 29.0 Å². The molecule has 1 aliphatic rings. The van der Waals surface area contributed by atoms with Gasteiger partial charge < -0.3 is 19.9 Å². The first-order valence-corrected chi connectivity index (χ1v) is 9.12. The number of aromatic carboxylic acids is 1. The minimum Gasteiger partial charge on any atom is -0.494 e. The van der Waals surface area contributed by atoms with Gasteiger partial charge in [0.15, 0.2) is 5.60 Å². The van der Waals surface area contributed by atoms with Crippen molar-refractivity contribution >= 4 is 29.2 Å². The fraction of sp³-hybridized carbons (Fsp3) is 0.286. The summed E-state index contributed by atoms with van der Waals surface area (Å²) in [5, 5.41) is 11.9. The summed E-state index contributed by atoms with van der Waals surface area (Å²) in [6.07, 6.45) is 0. The number of amides is 2. The number of benzene rings is 2. The molecule has 0 unspecified atom stereocenters. The van der Waals surface area contributed by atoms with Crippen LogP contribution in [0.3, 0.4) is 0 Å². The average molecular weight is 398 g/mol. The number of rotatable bonds is 6. The third kappa shape index (κ3) is 4.31. The quantitative estimate of drug-likeness (QED) is 0.775. The minimum absolute atomic E-state index is 0.0349. The van der Waals surface area contributed by atoms with E-state index in [0.29, 0.717) is 23.7 Å². The van der Waals surface area contributed by atoms with Gasteiger partial charge in [-0.15, -0.1) is 0 Å². The van der Waals surface area contributed by atoms with Crippen LogP contribution < -0.4 is 19.7 Å². The second-order valence-electron chi connectivity index (χ2n) is 7.00. The van der Waals surface area contributed by atoms with Gasteiger partial charge in [-0.05, 0) is 63.2 Å². The van der Waals surface area contributed by atoms with Crippen molar-refractivity contribution in [1.29, 1.82) is 0 Å². The van der Waals surface area contributed by atoms with E-state index in [1.54, 1.807) is 38.1 Å². The Labute approximate surface area is 168 Å². The Balaban J connectivity index is 1.81. The monoisotopic (exact) mass is 398 g/mol. The van der Waals surface area contributed by atoms with E-state index in [4.69, 9.17) is 9.47 Å². The number of hydrogen-bond donors (Lipinski definition) is 2. The number of ether oxygens (including phenoxy) is 2. The normalized spacial score (nSPS) is 14.6. The Bertz CT molecular complexity index is 952. The minimum atomic E-state index is -1.23. The number of hydrogen-bond acceptors (Lipinski definition) is 5. The summed E-state index contributed by atoms with van der Waals surface area (Å²) in [6, 6.07) is 11.1. The molecular weight excluding hydrogens is 376 g/mol. The van der Waals surface area contributed by atoms with Crippen molar-refractivity contribution in [3.05, 3.63) is 48.0 Å². The topological polar surface area (TPSA) is 105 Å². The molecule has 2 N–H and O–H groups in total. The second-order valence-corrected chi connectivity index (χ2v) is 7.00. The Morgan fingerprint density at radius 3 is 2.48 bits per heavy atom. The maximum absolute atomic E-state index is 12.8. The number of nitrogens with zero attached hydrogens (tertiary/aromatic N) is 1. The van der Waals surface area contributed by atoms with Gasteiger partial charge in [-0.1, -0.05) is 0 Å². The molecule has 0 radical (unpaired) electrons. The van der Waals surface area contributed by atoms with Gasteiger partial charge in [0.05, 0.1) is 17.9 Å². The molecule has 0 bridgehead atoms. The number of carbonyl (C=O) groups excluding carboxylic acids is 2. The summed E-state index contributed by atoms with van der Waals surface area (Å²) in [5.74, 6) is -0.962. The average Bonchev–Trinajstić information content (AvgIpc) is 2.66. The lowest BCUT2D eigenvalue weighted by Crippen LogP contribution is -2.54. The summed E-state index contributed by atoms with van der Waals surface area (Å²) in [7, 11) is 0. The highest BCUT2D eigenvalue weighted by Crippen LogP contribution is 2.38. The van der Waals surface area contributed by atoms with Crippen molar-refractivity contribution in [2.75, 3.05) is 23.4 Å². The highest BCUT2D eigenvalue weighted by molar-refractivity contribution is 6.08. The Kier molecular flexibility index (Phi) is 5.45. The van der Waals surface area contributed by atoms with Crippen LogP contribution in [0.25, 0.3) is 0 Å². The van der Waals surface area contributed by atoms with Crippen LogP contribution in [0.1, 0.15) is 31.1 Å². The molecule has 0 fully saturated rings. The first-order valence-electron chi connectivity index (χ1n) is 9.12. The molecule has 0 aliphatic carbocycles. The Morgan fingerprint density at radius 2 is 1.86 bits per heavy atom. The fourth-order valence-corrected chi connectivity index (χ4v) is 3.01. The zero-order chi connectivity index (χ0) is 21.2. The molecule has 1 heterocycles. The van der Waals surface area contributed by atoms with Gasteiger partial charge in [0.25, 0.3) is 5.91 Å².